The van der Waals surface area contributed by atoms with Gasteiger partial charge in [-0.1, -0.05) is 41.9 Å². The van der Waals surface area contributed by atoms with Crippen molar-refractivity contribution in [1.29, 1.82) is 0 Å². The predicted molar refractivity (Wildman–Crippen MR) is 100 cm³/mol. The molecule has 0 atom stereocenters. The Balaban J connectivity index is 1.91. The van der Waals surface area contributed by atoms with Gasteiger partial charge in [-0.05, 0) is 43.2 Å². The first-order valence-electron chi connectivity index (χ1n) is 8.15. The van der Waals surface area contributed by atoms with Gasteiger partial charge in [0, 0.05) is 40.8 Å². The first-order valence-corrected chi connectivity index (χ1v) is 8.53. The highest BCUT2D eigenvalue weighted by molar-refractivity contribution is 6.30. The highest BCUT2D eigenvalue weighted by Crippen LogP contribution is 2.23. The molecule has 126 valence electrons. The minimum absolute atomic E-state index is 0.105. The molecule has 3 nitrogen and oxygen atoms in total. The summed E-state index contributed by atoms with van der Waals surface area (Å²) in [6.07, 6.45) is 2.19. The van der Waals surface area contributed by atoms with E-state index in [2.05, 4.69) is 46.4 Å². The van der Waals surface area contributed by atoms with E-state index in [1.807, 2.05) is 32.0 Å². The zero-order chi connectivity index (χ0) is 17.2. The van der Waals surface area contributed by atoms with E-state index in [4.69, 9.17) is 11.6 Å². The maximum Gasteiger partial charge on any atom is 0.0607 e. The lowest BCUT2D eigenvalue weighted by atomic mass is 10.1. The van der Waals surface area contributed by atoms with Gasteiger partial charge in [0.15, 0.2) is 0 Å². The lowest BCUT2D eigenvalue weighted by molar-refractivity contribution is 0.187. The second kappa shape index (κ2) is 6.98. The smallest absolute Gasteiger partial charge is 0.0607 e. The van der Waals surface area contributed by atoms with Gasteiger partial charge in [-0.25, -0.2) is 0 Å². The number of aliphatic hydroxyl groups is 1. The molecule has 0 saturated carbocycles. The van der Waals surface area contributed by atoms with Gasteiger partial charge in [0.05, 0.1) is 6.61 Å². The molecule has 0 aliphatic heterocycles. The summed E-state index contributed by atoms with van der Waals surface area (Å²) in [5.74, 6) is 0. The molecule has 0 amide bonds. The minimum atomic E-state index is -0.295. The minimum Gasteiger partial charge on any atom is -0.394 e. The van der Waals surface area contributed by atoms with Gasteiger partial charge >= 0.3 is 0 Å². The van der Waals surface area contributed by atoms with Crippen molar-refractivity contribution < 1.29 is 5.11 Å². The molecule has 1 aromatic heterocycles. The Hall–Kier alpha value is -1.81. The van der Waals surface area contributed by atoms with E-state index in [1.165, 1.54) is 22.0 Å². The molecule has 3 aromatic rings. The van der Waals surface area contributed by atoms with Crippen LogP contribution in [0.5, 0.6) is 0 Å². The number of fused-ring (bicyclic) bond motifs is 1. The SMILES string of the molecule is CC(C)(CO)NCc1cn(Cc2cccc(Cl)c2)c2ccccc12. The number of aromatic nitrogens is 1. The number of hydrogen-bond donors (Lipinski definition) is 2. The summed E-state index contributed by atoms with van der Waals surface area (Å²) in [5.41, 5.74) is 3.32. The topological polar surface area (TPSA) is 37.2 Å². The van der Waals surface area contributed by atoms with E-state index < -0.39 is 0 Å². The summed E-state index contributed by atoms with van der Waals surface area (Å²) >= 11 is 6.11. The van der Waals surface area contributed by atoms with Gasteiger partial charge in [-0.2, -0.15) is 0 Å². The Morgan fingerprint density at radius 3 is 2.67 bits per heavy atom. The molecular weight excluding hydrogens is 320 g/mol. The third kappa shape index (κ3) is 3.81. The van der Waals surface area contributed by atoms with E-state index in [-0.39, 0.29) is 12.1 Å². The van der Waals surface area contributed by atoms with Gasteiger partial charge in [-0.3, -0.25) is 0 Å². The summed E-state index contributed by atoms with van der Waals surface area (Å²) in [6, 6.07) is 16.4. The van der Waals surface area contributed by atoms with Crippen LogP contribution in [0.2, 0.25) is 5.02 Å². The van der Waals surface area contributed by atoms with Crippen LogP contribution in [0.4, 0.5) is 0 Å². The number of nitrogens with zero attached hydrogens (tertiary/aromatic N) is 1. The molecule has 0 aliphatic carbocycles. The Morgan fingerprint density at radius 1 is 1.12 bits per heavy atom. The van der Waals surface area contributed by atoms with Gasteiger partial charge < -0.3 is 15.0 Å². The quantitative estimate of drug-likeness (QED) is 0.704. The Bertz CT molecular complexity index is 839. The van der Waals surface area contributed by atoms with Gasteiger partial charge in [0.1, 0.15) is 0 Å². The molecule has 2 N–H and O–H groups in total. The van der Waals surface area contributed by atoms with Crippen molar-refractivity contribution in [3.63, 3.8) is 0 Å². The number of rotatable bonds is 6. The van der Waals surface area contributed by atoms with Gasteiger partial charge in [0.2, 0.25) is 0 Å². The second-order valence-corrected chi connectivity index (χ2v) is 7.26. The van der Waals surface area contributed by atoms with Crippen LogP contribution in [0.3, 0.4) is 0 Å². The van der Waals surface area contributed by atoms with E-state index in [0.717, 1.165) is 18.1 Å². The number of benzene rings is 2. The fourth-order valence-corrected chi connectivity index (χ4v) is 3.03. The first-order chi connectivity index (χ1) is 11.5. The molecule has 0 aliphatic rings. The summed E-state index contributed by atoms with van der Waals surface area (Å²) in [4.78, 5) is 0. The van der Waals surface area contributed by atoms with Crippen molar-refractivity contribution in [2.45, 2.75) is 32.5 Å². The van der Waals surface area contributed by atoms with Crippen LogP contribution in [0.15, 0.2) is 54.7 Å². The van der Waals surface area contributed by atoms with Crippen molar-refractivity contribution >= 4 is 22.5 Å². The van der Waals surface area contributed by atoms with Crippen LogP contribution in [-0.2, 0) is 13.1 Å². The van der Waals surface area contributed by atoms with Gasteiger partial charge in [-0.15, -0.1) is 0 Å². The van der Waals surface area contributed by atoms with Crippen molar-refractivity contribution in [1.82, 2.24) is 9.88 Å². The van der Waals surface area contributed by atoms with E-state index >= 15 is 0 Å². The molecular formula is C20H23ClN2O. The zero-order valence-corrected chi connectivity index (χ0v) is 14.8. The monoisotopic (exact) mass is 342 g/mol. The van der Waals surface area contributed by atoms with E-state index in [9.17, 15) is 5.11 Å². The molecule has 24 heavy (non-hydrogen) atoms. The maximum absolute atomic E-state index is 9.43. The lowest BCUT2D eigenvalue weighted by Crippen LogP contribution is -2.42. The highest BCUT2D eigenvalue weighted by Gasteiger charge is 2.16. The van der Waals surface area contributed by atoms with Crippen molar-refractivity contribution in [2.75, 3.05) is 6.61 Å². The fourth-order valence-electron chi connectivity index (χ4n) is 2.82. The first kappa shape index (κ1) is 17.0. The summed E-state index contributed by atoms with van der Waals surface area (Å²) in [7, 11) is 0. The highest BCUT2D eigenvalue weighted by atomic mass is 35.5. The summed E-state index contributed by atoms with van der Waals surface area (Å²) < 4.78 is 2.25. The van der Waals surface area contributed by atoms with Crippen LogP contribution in [0, 0.1) is 0 Å². The average Bonchev–Trinajstić information content (AvgIpc) is 2.91. The number of para-hydroxylation sites is 1. The van der Waals surface area contributed by atoms with Crippen molar-refractivity contribution in [3.05, 3.63) is 70.9 Å². The third-order valence-corrected chi connectivity index (χ3v) is 4.50. The van der Waals surface area contributed by atoms with Crippen LogP contribution in [0.25, 0.3) is 10.9 Å². The standard InChI is InChI=1S/C20H23ClN2O/c1-20(2,14-24)22-11-16-13-23(19-9-4-3-8-18(16)19)12-15-6-5-7-17(21)10-15/h3-10,13,22,24H,11-12,14H2,1-2H3. The normalized spacial score (nSPS) is 12.0. The number of nitrogens with one attached hydrogen (secondary N) is 1. The Kier molecular flexibility index (Phi) is 4.95. The number of halogens is 1. The second-order valence-electron chi connectivity index (χ2n) is 6.82. The molecule has 1 heterocycles. The van der Waals surface area contributed by atoms with Gasteiger partial charge in [0.25, 0.3) is 0 Å². The molecule has 0 radical (unpaired) electrons. The molecule has 0 fully saturated rings. The Labute approximate surface area is 147 Å². The van der Waals surface area contributed by atoms with Crippen LogP contribution in [0.1, 0.15) is 25.0 Å². The predicted octanol–water partition coefficient (Wildman–Crippen LogP) is 4.20. The summed E-state index contributed by atoms with van der Waals surface area (Å²) in [5, 5.41) is 14.8. The maximum atomic E-state index is 9.43. The van der Waals surface area contributed by atoms with Crippen molar-refractivity contribution in [2.24, 2.45) is 0 Å². The van der Waals surface area contributed by atoms with E-state index in [0.29, 0.717) is 0 Å². The molecule has 0 spiro atoms. The van der Waals surface area contributed by atoms with Crippen molar-refractivity contribution in [3.8, 4) is 0 Å². The zero-order valence-electron chi connectivity index (χ0n) is 14.1. The molecule has 0 saturated heterocycles. The average molecular weight is 343 g/mol. The largest absolute Gasteiger partial charge is 0.394 e. The molecule has 0 unspecified atom stereocenters. The van der Waals surface area contributed by atoms with Crippen LogP contribution in [-0.4, -0.2) is 21.8 Å². The number of aliphatic hydroxyl groups excluding tert-OH is 1. The number of hydrogen-bond acceptors (Lipinski definition) is 2. The molecule has 4 heteroatoms. The summed E-state index contributed by atoms with van der Waals surface area (Å²) in [6.45, 7) is 5.60. The fraction of sp³-hybridized carbons (Fsp3) is 0.300. The molecule has 2 aromatic carbocycles. The van der Waals surface area contributed by atoms with Crippen LogP contribution >= 0.6 is 11.6 Å². The third-order valence-electron chi connectivity index (χ3n) is 4.27. The van der Waals surface area contributed by atoms with Crippen LogP contribution < -0.4 is 5.32 Å². The molecule has 0 bridgehead atoms. The lowest BCUT2D eigenvalue weighted by Gasteiger charge is -2.23. The Morgan fingerprint density at radius 2 is 1.92 bits per heavy atom. The molecule has 3 rings (SSSR count). The van der Waals surface area contributed by atoms with E-state index in [1.54, 1.807) is 0 Å².